The molecule has 1 N–H and O–H groups in total. The summed E-state index contributed by atoms with van der Waals surface area (Å²) in [5.41, 5.74) is 1.47. The number of para-hydroxylation sites is 1. The zero-order valence-corrected chi connectivity index (χ0v) is 12.3. The van der Waals surface area contributed by atoms with Gasteiger partial charge in [0.25, 0.3) is 0 Å². The number of ether oxygens (including phenoxy) is 4. The fourth-order valence-electron chi connectivity index (χ4n) is 2.63. The zero-order valence-electron chi connectivity index (χ0n) is 12.3. The Balaban J connectivity index is 1.47. The SMILES string of the molecule is O=C(Cc1cccc2c1OCO2)Nc1ccc2c(c1)OCCO2. The quantitative estimate of drug-likeness (QED) is 0.942. The Kier molecular flexibility index (Phi) is 3.42. The number of amides is 1. The maximum absolute atomic E-state index is 12.3. The van der Waals surface area contributed by atoms with Crippen molar-refractivity contribution in [3.63, 3.8) is 0 Å². The van der Waals surface area contributed by atoms with Crippen molar-refractivity contribution in [1.29, 1.82) is 0 Å². The van der Waals surface area contributed by atoms with Crippen LogP contribution in [0.3, 0.4) is 0 Å². The molecule has 2 aromatic rings. The van der Waals surface area contributed by atoms with Crippen LogP contribution in [-0.4, -0.2) is 25.9 Å². The molecule has 2 heterocycles. The summed E-state index contributed by atoms with van der Waals surface area (Å²) in [5.74, 6) is 2.53. The van der Waals surface area contributed by atoms with Crippen LogP contribution in [0.5, 0.6) is 23.0 Å². The van der Waals surface area contributed by atoms with Crippen LogP contribution < -0.4 is 24.3 Å². The van der Waals surface area contributed by atoms with Crippen LogP contribution in [0, 0.1) is 0 Å². The van der Waals surface area contributed by atoms with E-state index >= 15 is 0 Å². The molecular formula is C17H15NO5. The summed E-state index contributed by atoms with van der Waals surface area (Å²) in [7, 11) is 0. The van der Waals surface area contributed by atoms with Gasteiger partial charge in [0.1, 0.15) is 13.2 Å². The van der Waals surface area contributed by atoms with E-state index in [0.717, 1.165) is 5.56 Å². The Morgan fingerprint density at radius 2 is 1.83 bits per heavy atom. The highest BCUT2D eigenvalue weighted by Gasteiger charge is 2.19. The van der Waals surface area contributed by atoms with Crippen molar-refractivity contribution in [3.8, 4) is 23.0 Å². The van der Waals surface area contributed by atoms with Crippen molar-refractivity contribution in [2.45, 2.75) is 6.42 Å². The summed E-state index contributed by atoms with van der Waals surface area (Å²) in [6.45, 7) is 1.24. The average molecular weight is 313 g/mol. The number of nitrogens with one attached hydrogen (secondary N) is 1. The second-order valence-electron chi connectivity index (χ2n) is 5.23. The fourth-order valence-corrected chi connectivity index (χ4v) is 2.63. The van der Waals surface area contributed by atoms with Crippen molar-refractivity contribution in [1.82, 2.24) is 0 Å². The molecule has 6 nitrogen and oxygen atoms in total. The molecule has 118 valence electrons. The highest BCUT2D eigenvalue weighted by molar-refractivity contribution is 5.93. The van der Waals surface area contributed by atoms with Gasteiger partial charge in [-0.2, -0.15) is 0 Å². The zero-order chi connectivity index (χ0) is 15.6. The van der Waals surface area contributed by atoms with E-state index in [1.165, 1.54) is 0 Å². The van der Waals surface area contributed by atoms with Crippen LogP contribution in [-0.2, 0) is 11.2 Å². The minimum Gasteiger partial charge on any atom is -0.486 e. The molecule has 23 heavy (non-hydrogen) atoms. The molecule has 0 radical (unpaired) electrons. The van der Waals surface area contributed by atoms with Crippen LogP contribution >= 0.6 is 0 Å². The Morgan fingerprint density at radius 1 is 0.957 bits per heavy atom. The molecule has 4 rings (SSSR count). The summed E-state index contributed by atoms with van der Waals surface area (Å²) in [4.78, 5) is 12.3. The number of rotatable bonds is 3. The molecule has 0 aromatic heterocycles. The van der Waals surface area contributed by atoms with Crippen molar-refractivity contribution < 1.29 is 23.7 Å². The largest absolute Gasteiger partial charge is 0.486 e. The molecule has 6 heteroatoms. The van der Waals surface area contributed by atoms with Crippen molar-refractivity contribution in [2.75, 3.05) is 25.3 Å². The van der Waals surface area contributed by atoms with Gasteiger partial charge >= 0.3 is 0 Å². The number of hydrogen-bond acceptors (Lipinski definition) is 5. The van der Waals surface area contributed by atoms with Gasteiger partial charge < -0.3 is 24.3 Å². The molecule has 1 amide bonds. The third-order valence-electron chi connectivity index (χ3n) is 3.66. The molecule has 2 aliphatic rings. The Bertz CT molecular complexity index is 759. The van der Waals surface area contributed by atoms with E-state index in [-0.39, 0.29) is 19.1 Å². The number of anilines is 1. The summed E-state index contributed by atoms with van der Waals surface area (Å²) in [6.07, 6.45) is 0.209. The number of carbonyl (C=O) groups is 1. The van der Waals surface area contributed by atoms with Gasteiger partial charge in [0.05, 0.1) is 6.42 Å². The number of carbonyl (C=O) groups excluding carboxylic acids is 1. The Hall–Kier alpha value is -2.89. The third kappa shape index (κ3) is 2.75. The summed E-state index contributed by atoms with van der Waals surface area (Å²) in [6, 6.07) is 10.9. The Morgan fingerprint density at radius 3 is 2.74 bits per heavy atom. The van der Waals surface area contributed by atoms with Gasteiger partial charge in [-0.1, -0.05) is 12.1 Å². The molecule has 0 fully saturated rings. The van der Waals surface area contributed by atoms with Gasteiger partial charge in [0.15, 0.2) is 23.0 Å². The van der Waals surface area contributed by atoms with Crippen molar-refractivity contribution >= 4 is 11.6 Å². The lowest BCUT2D eigenvalue weighted by Crippen LogP contribution is -2.17. The number of benzene rings is 2. The van der Waals surface area contributed by atoms with Crippen molar-refractivity contribution in [3.05, 3.63) is 42.0 Å². The van der Waals surface area contributed by atoms with Gasteiger partial charge in [0, 0.05) is 17.3 Å². The van der Waals surface area contributed by atoms with E-state index in [4.69, 9.17) is 18.9 Å². The van der Waals surface area contributed by atoms with Gasteiger partial charge in [0.2, 0.25) is 12.7 Å². The van der Waals surface area contributed by atoms with Crippen molar-refractivity contribution in [2.24, 2.45) is 0 Å². The first-order valence-corrected chi connectivity index (χ1v) is 7.36. The number of fused-ring (bicyclic) bond motifs is 2. The van der Waals surface area contributed by atoms with Crippen LogP contribution in [0.2, 0.25) is 0 Å². The van der Waals surface area contributed by atoms with E-state index in [1.54, 1.807) is 18.2 Å². The highest BCUT2D eigenvalue weighted by Crippen LogP contribution is 2.36. The predicted octanol–water partition coefficient (Wildman–Crippen LogP) is 2.37. The predicted molar refractivity (Wildman–Crippen MR) is 82.3 cm³/mol. The molecule has 2 aliphatic heterocycles. The van der Waals surface area contributed by atoms with Gasteiger partial charge in [-0.15, -0.1) is 0 Å². The third-order valence-corrected chi connectivity index (χ3v) is 3.66. The normalized spacial score (nSPS) is 14.4. The van der Waals surface area contributed by atoms with Crippen LogP contribution in [0.1, 0.15) is 5.56 Å². The lowest BCUT2D eigenvalue weighted by atomic mass is 10.1. The monoisotopic (exact) mass is 313 g/mol. The molecule has 0 saturated heterocycles. The molecule has 0 saturated carbocycles. The average Bonchev–Trinajstić information content (AvgIpc) is 3.04. The van der Waals surface area contributed by atoms with E-state index in [0.29, 0.717) is 41.9 Å². The minimum absolute atomic E-state index is 0.134. The molecule has 0 spiro atoms. The van der Waals surface area contributed by atoms with Gasteiger partial charge in [-0.3, -0.25) is 4.79 Å². The summed E-state index contributed by atoms with van der Waals surface area (Å²) >= 11 is 0. The highest BCUT2D eigenvalue weighted by atomic mass is 16.7. The topological polar surface area (TPSA) is 66.0 Å². The molecule has 2 aromatic carbocycles. The summed E-state index contributed by atoms with van der Waals surface area (Å²) in [5, 5.41) is 2.86. The molecule has 0 unspecified atom stereocenters. The van der Waals surface area contributed by atoms with Crippen LogP contribution in [0.4, 0.5) is 5.69 Å². The number of hydrogen-bond donors (Lipinski definition) is 1. The Labute approximate surface area is 132 Å². The first-order chi connectivity index (χ1) is 11.3. The second kappa shape index (κ2) is 5.72. The molecule has 0 bridgehead atoms. The smallest absolute Gasteiger partial charge is 0.231 e. The lowest BCUT2D eigenvalue weighted by molar-refractivity contribution is -0.115. The second-order valence-corrected chi connectivity index (χ2v) is 5.23. The molecule has 0 atom stereocenters. The maximum Gasteiger partial charge on any atom is 0.231 e. The van der Waals surface area contributed by atoms with Crippen LogP contribution in [0.25, 0.3) is 0 Å². The van der Waals surface area contributed by atoms with Gasteiger partial charge in [-0.25, -0.2) is 0 Å². The molecule has 0 aliphatic carbocycles. The van der Waals surface area contributed by atoms with E-state index < -0.39 is 0 Å². The van der Waals surface area contributed by atoms with Gasteiger partial charge in [-0.05, 0) is 18.2 Å². The van der Waals surface area contributed by atoms with E-state index in [1.807, 2.05) is 18.2 Å². The summed E-state index contributed by atoms with van der Waals surface area (Å²) < 4.78 is 21.7. The minimum atomic E-state index is -0.134. The lowest BCUT2D eigenvalue weighted by Gasteiger charge is -2.19. The first kappa shape index (κ1) is 13.8. The standard InChI is InChI=1S/C17H15NO5/c19-16(8-11-2-1-3-14-17(11)23-10-22-14)18-12-4-5-13-15(9-12)21-7-6-20-13/h1-5,9H,6-8,10H2,(H,18,19). The van der Waals surface area contributed by atoms with E-state index in [9.17, 15) is 4.79 Å². The first-order valence-electron chi connectivity index (χ1n) is 7.36. The fraction of sp³-hybridized carbons (Fsp3) is 0.235. The van der Waals surface area contributed by atoms with Crippen LogP contribution in [0.15, 0.2) is 36.4 Å². The van der Waals surface area contributed by atoms with E-state index in [2.05, 4.69) is 5.32 Å². The molecular weight excluding hydrogens is 298 g/mol. The maximum atomic E-state index is 12.3.